The van der Waals surface area contributed by atoms with Gasteiger partial charge in [-0.15, -0.1) is 0 Å². The maximum atomic E-state index is 13.9. The standard InChI is InChI=1S/C27H35N3O4/c1-20-17-24(29-34-20)28-25(31)19-30-15-11-21(12-16-30)23(18-30)33-26(32)27(13-7-2-3-8-14-27)22-9-5-4-6-10-22/h4-6,9-10,17,21,23H,2-3,7-8,11-16,18-19H2,1H3/p+1/t21?,23-,30?/m0/s1. The highest BCUT2D eigenvalue weighted by molar-refractivity contribution is 5.90. The van der Waals surface area contributed by atoms with Gasteiger partial charge in [0.25, 0.3) is 5.91 Å². The van der Waals surface area contributed by atoms with Gasteiger partial charge in [0.1, 0.15) is 12.3 Å². The Labute approximate surface area is 201 Å². The Morgan fingerprint density at radius 1 is 1.12 bits per heavy atom. The van der Waals surface area contributed by atoms with Crippen LogP contribution in [-0.4, -0.2) is 53.8 Å². The zero-order valence-corrected chi connectivity index (χ0v) is 20.1. The molecule has 1 atom stereocenters. The number of piperidine rings is 3. The normalized spacial score (nSPS) is 28.1. The molecule has 7 nitrogen and oxygen atoms in total. The predicted octanol–water partition coefficient (Wildman–Crippen LogP) is 4.37. The number of quaternary nitrogens is 1. The van der Waals surface area contributed by atoms with E-state index in [2.05, 4.69) is 22.6 Å². The second-order valence-corrected chi connectivity index (χ2v) is 10.6. The van der Waals surface area contributed by atoms with Crippen LogP contribution in [0, 0.1) is 12.8 Å². The summed E-state index contributed by atoms with van der Waals surface area (Å²) in [6.45, 7) is 4.79. The average Bonchev–Trinajstić information content (AvgIpc) is 3.09. The molecule has 1 saturated carbocycles. The van der Waals surface area contributed by atoms with E-state index in [-0.39, 0.29) is 18.0 Å². The van der Waals surface area contributed by atoms with Crippen LogP contribution in [0.25, 0.3) is 0 Å². The second-order valence-electron chi connectivity index (χ2n) is 10.6. The number of esters is 1. The van der Waals surface area contributed by atoms with Crippen molar-refractivity contribution in [1.29, 1.82) is 0 Å². The van der Waals surface area contributed by atoms with Gasteiger partial charge < -0.3 is 19.1 Å². The average molecular weight is 467 g/mol. The molecule has 1 aromatic carbocycles. The third-order valence-electron chi connectivity index (χ3n) is 8.35. The molecule has 1 amide bonds. The molecule has 6 rings (SSSR count). The third-order valence-corrected chi connectivity index (χ3v) is 8.35. The van der Waals surface area contributed by atoms with Crippen molar-refractivity contribution in [2.24, 2.45) is 5.92 Å². The van der Waals surface area contributed by atoms with Crippen molar-refractivity contribution in [3.63, 3.8) is 0 Å². The van der Waals surface area contributed by atoms with Crippen molar-refractivity contribution in [1.82, 2.24) is 5.16 Å². The maximum Gasteiger partial charge on any atom is 0.317 e. The van der Waals surface area contributed by atoms with Gasteiger partial charge in [-0.05, 0) is 25.3 Å². The molecule has 0 unspecified atom stereocenters. The molecule has 3 aliphatic heterocycles. The van der Waals surface area contributed by atoms with E-state index in [1.165, 1.54) is 12.8 Å². The number of aromatic nitrogens is 1. The smallest absolute Gasteiger partial charge is 0.317 e. The van der Waals surface area contributed by atoms with Gasteiger partial charge in [-0.1, -0.05) is 61.2 Å². The number of nitrogens with one attached hydrogen (secondary N) is 1. The number of nitrogens with zero attached hydrogens (tertiary/aromatic N) is 2. The highest BCUT2D eigenvalue weighted by Gasteiger charge is 2.51. The second kappa shape index (κ2) is 9.53. The molecule has 34 heavy (non-hydrogen) atoms. The Morgan fingerprint density at radius 3 is 2.47 bits per heavy atom. The summed E-state index contributed by atoms with van der Waals surface area (Å²) in [6.07, 6.45) is 8.03. The van der Waals surface area contributed by atoms with Crippen molar-refractivity contribution in [2.75, 3.05) is 31.5 Å². The number of rotatable bonds is 6. The summed E-state index contributed by atoms with van der Waals surface area (Å²) in [5, 5.41) is 6.74. The lowest BCUT2D eigenvalue weighted by molar-refractivity contribution is -0.939. The van der Waals surface area contributed by atoms with Gasteiger partial charge in [0.2, 0.25) is 0 Å². The molecule has 4 fully saturated rings. The van der Waals surface area contributed by atoms with Crippen molar-refractivity contribution in [3.05, 3.63) is 47.7 Å². The van der Waals surface area contributed by atoms with Crippen LogP contribution in [0.5, 0.6) is 0 Å². The minimum Gasteiger partial charge on any atom is -0.455 e. The van der Waals surface area contributed by atoms with Crippen LogP contribution in [0.15, 0.2) is 40.9 Å². The SMILES string of the molecule is Cc1cc(NC(=O)C[N+]23CCC(CC2)[C@@H](OC(=O)C2(c4ccccc4)CCCCCC2)C3)no1. The van der Waals surface area contributed by atoms with Gasteiger partial charge in [0.05, 0.1) is 18.5 Å². The molecule has 2 bridgehead atoms. The zero-order valence-electron chi connectivity index (χ0n) is 20.1. The summed E-state index contributed by atoms with van der Waals surface area (Å²) in [5.41, 5.74) is 0.547. The summed E-state index contributed by atoms with van der Waals surface area (Å²) >= 11 is 0. The molecular weight excluding hydrogens is 430 g/mol. The lowest BCUT2D eigenvalue weighted by Gasteiger charge is -2.52. The zero-order chi connectivity index (χ0) is 23.6. The van der Waals surface area contributed by atoms with Gasteiger partial charge in [-0.3, -0.25) is 9.59 Å². The molecule has 2 aromatic rings. The number of aryl methyl sites for hydroxylation is 1. The first kappa shape index (κ1) is 23.1. The molecule has 0 spiro atoms. The molecule has 3 saturated heterocycles. The minimum absolute atomic E-state index is 0.0555. The van der Waals surface area contributed by atoms with Crippen molar-refractivity contribution in [3.8, 4) is 0 Å². The van der Waals surface area contributed by atoms with E-state index < -0.39 is 5.41 Å². The topological polar surface area (TPSA) is 81.4 Å². The van der Waals surface area contributed by atoms with Crippen LogP contribution in [0.2, 0.25) is 0 Å². The Balaban J connectivity index is 1.30. The summed E-state index contributed by atoms with van der Waals surface area (Å²) in [7, 11) is 0. The number of amides is 1. The molecule has 4 aliphatic rings. The monoisotopic (exact) mass is 466 g/mol. The van der Waals surface area contributed by atoms with Crippen molar-refractivity contribution >= 4 is 17.7 Å². The maximum absolute atomic E-state index is 13.9. The molecule has 7 heteroatoms. The van der Waals surface area contributed by atoms with Gasteiger partial charge >= 0.3 is 5.97 Å². The van der Waals surface area contributed by atoms with E-state index in [4.69, 9.17) is 9.26 Å². The van der Waals surface area contributed by atoms with E-state index in [0.29, 0.717) is 35.1 Å². The minimum atomic E-state index is -0.545. The Kier molecular flexibility index (Phi) is 6.47. The molecular formula is C27H36N3O4+. The predicted molar refractivity (Wildman–Crippen MR) is 128 cm³/mol. The van der Waals surface area contributed by atoms with E-state index in [0.717, 1.165) is 57.2 Å². The van der Waals surface area contributed by atoms with Gasteiger partial charge in [0, 0.05) is 24.8 Å². The summed E-state index contributed by atoms with van der Waals surface area (Å²) in [6, 6.07) is 12.0. The number of ether oxygens (including phenoxy) is 1. The number of carbonyl (C=O) groups is 2. The molecule has 1 aromatic heterocycles. The van der Waals surface area contributed by atoms with Crippen LogP contribution < -0.4 is 5.32 Å². The Bertz CT molecular complexity index is 1000. The van der Waals surface area contributed by atoms with Crippen LogP contribution >= 0.6 is 0 Å². The van der Waals surface area contributed by atoms with E-state index in [9.17, 15) is 9.59 Å². The lowest BCUT2D eigenvalue weighted by atomic mass is 9.74. The number of carbonyl (C=O) groups excluding carboxylic acids is 2. The Hall–Kier alpha value is -2.67. The summed E-state index contributed by atoms with van der Waals surface area (Å²) < 4.78 is 12.1. The Morgan fingerprint density at radius 2 is 1.82 bits per heavy atom. The van der Waals surface area contributed by atoms with E-state index >= 15 is 0 Å². The van der Waals surface area contributed by atoms with Crippen LogP contribution in [0.3, 0.4) is 0 Å². The molecule has 4 heterocycles. The first-order chi connectivity index (χ1) is 16.5. The largest absolute Gasteiger partial charge is 0.455 e. The third kappa shape index (κ3) is 4.63. The summed E-state index contributed by atoms with van der Waals surface area (Å²) in [5.74, 6) is 1.39. The van der Waals surface area contributed by atoms with Crippen molar-refractivity contribution < 1.29 is 23.3 Å². The first-order valence-electron chi connectivity index (χ1n) is 12.8. The number of hydrogen-bond acceptors (Lipinski definition) is 5. The fraction of sp³-hybridized carbons (Fsp3) is 0.593. The molecule has 182 valence electrons. The fourth-order valence-corrected chi connectivity index (χ4v) is 6.44. The molecule has 1 aliphatic carbocycles. The van der Waals surface area contributed by atoms with Gasteiger partial charge in [-0.25, -0.2) is 0 Å². The highest BCUT2D eigenvalue weighted by atomic mass is 16.5. The number of hydrogen-bond donors (Lipinski definition) is 1. The number of anilines is 1. The molecule has 1 N–H and O–H groups in total. The highest BCUT2D eigenvalue weighted by Crippen LogP contribution is 2.42. The van der Waals surface area contributed by atoms with Gasteiger partial charge in [0.15, 0.2) is 18.5 Å². The quantitative estimate of drug-likeness (QED) is 0.389. The fourth-order valence-electron chi connectivity index (χ4n) is 6.44. The lowest BCUT2D eigenvalue weighted by Crippen LogP contribution is -2.66. The van der Waals surface area contributed by atoms with E-state index in [1.54, 1.807) is 13.0 Å². The van der Waals surface area contributed by atoms with Crippen LogP contribution in [-0.2, 0) is 19.7 Å². The van der Waals surface area contributed by atoms with Crippen LogP contribution in [0.4, 0.5) is 5.82 Å². The van der Waals surface area contributed by atoms with Crippen molar-refractivity contribution in [2.45, 2.75) is 69.8 Å². The number of benzene rings is 1. The van der Waals surface area contributed by atoms with E-state index in [1.807, 2.05) is 18.2 Å². The summed E-state index contributed by atoms with van der Waals surface area (Å²) in [4.78, 5) is 26.7. The van der Waals surface area contributed by atoms with Crippen LogP contribution in [0.1, 0.15) is 62.7 Å². The number of fused-ring (bicyclic) bond motifs is 3. The van der Waals surface area contributed by atoms with Gasteiger partial charge in [-0.2, -0.15) is 0 Å². The molecule has 0 radical (unpaired) electrons. The first-order valence-corrected chi connectivity index (χ1v) is 12.8.